The van der Waals surface area contributed by atoms with E-state index in [1.54, 1.807) is 13.1 Å². The maximum atomic E-state index is 10.7. The molecule has 0 saturated carbocycles. The Morgan fingerprint density at radius 1 is 1.44 bits per heavy atom. The Bertz CT molecular complexity index is 551. The summed E-state index contributed by atoms with van der Waals surface area (Å²) in [4.78, 5) is 10.7. The van der Waals surface area contributed by atoms with Crippen LogP contribution >= 0.6 is 0 Å². The number of aliphatic carboxylic acids is 1. The number of benzene rings is 1. The number of anilines is 1. The zero-order valence-electron chi connectivity index (χ0n) is 10.1. The molecule has 1 atom stereocenters. The normalized spacial score (nSPS) is 12.3. The zero-order valence-corrected chi connectivity index (χ0v) is 10.1. The highest BCUT2D eigenvalue weighted by Gasteiger charge is 2.10. The third kappa shape index (κ3) is 2.74. The molecule has 0 aliphatic rings. The van der Waals surface area contributed by atoms with Crippen LogP contribution in [0.3, 0.4) is 0 Å². The van der Waals surface area contributed by atoms with Gasteiger partial charge >= 0.3 is 5.97 Å². The van der Waals surface area contributed by atoms with E-state index in [0.717, 1.165) is 16.6 Å². The van der Waals surface area contributed by atoms with Crippen LogP contribution in [0, 0.1) is 5.92 Å². The van der Waals surface area contributed by atoms with Crippen molar-refractivity contribution < 1.29 is 9.90 Å². The van der Waals surface area contributed by atoms with E-state index in [1.807, 2.05) is 24.3 Å². The number of fused-ring (bicyclic) bond motifs is 1. The van der Waals surface area contributed by atoms with Gasteiger partial charge in [-0.3, -0.25) is 4.79 Å². The van der Waals surface area contributed by atoms with Crippen molar-refractivity contribution in [2.24, 2.45) is 5.92 Å². The lowest BCUT2D eigenvalue weighted by Gasteiger charge is -2.10. The summed E-state index contributed by atoms with van der Waals surface area (Å²) in [6, 6.07) is 7.71. The predicted octanol–water partition coefficient (Wildman–Crippen LogP) is 2.15. The highest BCUT2D eigenvalue weighted by Crippen LogP contribution is 2.19. The topological polar surface area (TPSA) is 75.1 Å². The van der Waals surface area contributed by atoms with Gasteiger partial charge < -0.3 is 10.4 Å². The number of aromatic nitrogens is 2. The molecule has 2 rings (SSSR count). The smallest absolute Gasteiger partial charge is 0.306 e. The Hall–Kier alpha value is -2.17. The van der Waals surface area contributed by atoms with Crippen molar-refractivity contribution in [2.45, 2.75) is 13.3 Å². The number of hydrogen-bond donors (Lipinski definition) is 2. The molecule has 0 bridgehead atoms. The highest BCUT2D eigenvalue weighted by atomic mass is 16.4. The van der Waals surface area contributed by atoms with Gasteiger partial charge in [0.25, 0.3) is 0 Å². The first-order valence-corrected chi connectivity index (χ1v) is 5.85. The van der Waals surface area contributed by atoms with Crippen LogP contribution in [0.5, 0.6) is 0 Å². The van der Waals surface area contributed by atoms with E-state index in [-0.39, 0.29) is 5.92 Å². The fourth-order valence-corrected chi connectivity index (χ4v) is 1.69. The lowest BCUT2D eigenvalue weighted by Crippen LogP contribution is -2.14. The minimum absolute atomic E-state index is 0.349. The molecule has 94 valence electrons. The molecule has 0 spiro atoms. The van der Waals surface area contributed by atoms with E-state index in [9.17, 15) is 4.79 Å². The van der Waals surface area contributed by atoms with Crippen molar-refractivity contribution in [3.63, 3.8) is 0 Å². The molecular weight excluding hydrogens is 230 g/mol. The standard InChI is InChI=1S/C13H15N3O2/c1-9(13(17)18)6-7-14-12-8-15-16-11-5-3-2-4-10(11)12/h2-5,8-9H,6-7H2,1H3,(H,14,16)(H,17,18). The largest absolute Gasteiger partial charge is 0.481 e. The first-order valence-electron chi connectivity index (χ1n) is 5.85. The second-order valence-electron chi connectivity index (χ2n) is 4.23. The van der Waals surface area contributed by atoms with Crippen molar-refractivity contribution in [1.29, 1.82) is 0 Å². The van der Waals surface area contributed by atoms with E-state index in [1.165, 1.54) is 0 Å². The lowest BCUT2D eigenvalue weighted by atomic mass is 10.1. The number of rotatable bonds is 5. The molecule has 0 saturated heterocycles. The first kappa shape index (κ1) is 12.3. The molecule has 1 aromatic heterocycles. The number of nitrogens with zero attached hydrogens (tertiary/aromatic N) is 2. The number of carboxylic acids is 1. The Labute approximate surface area is 105 Å². The van der Waals surface area contributed by atoms with Crippen LogP contribution in [-0.4, -0.2) is 27.8 Å². The molecule has 0 radical (unpaired) electrons. The van der Waals surface area contributed by atoms with Crippen molar-refractivity contribution in [3.8, 4) is 0 Å². The average molecular weight is 245 g/mol. The molecule has 2 N–H and O–H groups in total. The van der Waals surface area contributed by atoms with Gasteiger partial charge in [0.1, 0.15) is 0 Å². The summed E-state index contributed by atoms with van der Waals surface area (Å²) in [5, 5.41) is 21.0. The van der Waals surface area contributed by atoms with E-state index in [4.69, 9.17) is 5.11 Å². The summed E-state index contributed by atoms with van der Waals surface area (Å²) in [5.74, 6) is -1.12. The Morgan fingerprint density at radius 2 is 2.22 bits per heavy atom. The van der Waals surface area contributed by atoms with Crippen molar-refractivity contribution in [2.75, 3.05) is 11.9 Å². The number of carboxylic acid groups (broad SMARTS) is 1. The fourth-order valence-electron chi connectivity index (χ4n) is 1.69. The van der Waals surface area contributed by atoms with Crippen LogP contribution in [0.1, 0.15) is 13.3 Å². The Balaban J connectivity index is 2.06. The lowest BCUT2D eigenvalue weighted by molar-refractivity contribution is -0.141. The van der Waals surface area contributed by atoms with Gasteiger partial charge in [-0.05, 0) is 12.5 Å². The van der Waals surface area contributed by atoms with Gasteiger partial charge in [-0.25, -0.2) is 0 Å². The van der Waals surface area contributed by atoms with Gasteiger partial charge in [0.15, 0.2) is 0 Å². The molecule has 1 unspecified atom stereocenters. The minimum Gasteiger partial charge on any atom is -0.481 e. The second kappa shape index (κ2) is 5.44. The van der Waals surface area contributed by atoms with E-state index in [0.29, 0.717) is 13.0 Å². The molecular formula is C13H15N3O2. The Morgan fingerprint density at radius 3 is 3.00 bits per heavy atom. The van der Waals surface area contributed by atoms with Crippen LogP contribution < -0.4 is 5.32 Å². The minimum atomic E-state index is -0.769. The molecule has 0 amide bonds. The third-order valence-corrected chi connectivity index (χ3v) is 2.86. The van der Waals surface area contributed by atoms with E-state index >= 15 is 0 Å². The van der Waals surface area contributed by atoms with Crippen LogP contribution in [0.15, 0.2) is 30.5 Å². The molecule has 0 fully saturated rings. The summed E-state index contributed by atoms with van der Waals surface area (Å²) in [6.45, 7) is 2.30. The van der Waals surface area contributed by atoms with Crippen molar-refractivity contribution >= 4 is 22.6 Å². The van der Waals surface area contributed by atoms with Crippen LogP contribution in [0.25, 0.3) is 10.9 Å². The summed E-state index contributed by atoms with van der Waals surface area (Å²) < 4.78 is 0. The second-order valence-corrected chi connectivity index (χ2v) is 4.23. The van der Waals surface area contributed by atoms with Crippen molar-refractivity contribution in [1.82, 2.24) is 10.2 Å². The number of nitrogens with one attached hydrogen (secondary N) is 1. The summed E-state index contributed by atoms with van der Waals surface area (Å²) >= 11 is 0. The highest BCUT2D eigenvalue weighted by molar-refractivity contribution is 5.90. The molecule has 1 aromatic carbocycles. The van der Waals surface area contributed by atoms with E-state index < -0.39 is 5.97 Å². The molecule has 5 nitrogen and oxygen atoms in total. The predicted molar refractivity (Wildman–Crippen MR) is 69.4 cm³/mol. The van der Waals surface area contributed by atoms with Gasteiger partial charge in [0.2, 0.25) is 0 Å². The van der Waals surface area contributed by atoms with Crippen LogP contribution in [-0.2, 0) is 4.79 Å². The number of hydrogen-bond acceptors (Lipinski definition) is 4. The molecule has 18 heavy (non-hydrogen) atoms. The quantitative estimate of drug-likeness (QED) is 0.844. The summed E-state index contributed by atoms with van der Waals surface area (Å²) in [5.41, 5.74) is 1.71. The maximum Gasteiger partial charge on any atom is 0.306 e. The monoisotopic (exact) mass is 245 g/mol. The van der Waals surface area contributed by atoms with Crippen LogP contribution in [0.4, 0.5) is 5.69 Å². The molecule has 0 aliphatic carbocycles. The SMILES string of the molecule is CC(CCNc1cnnc2ccccc12)C(=O)O. The Kier molecular flexibility index (Phi) is 3.72. The maximum absolute atomic E-state index is 10.7. The van der Waals surface area contributed by atoms with Gasteiger partial charge in [-0.1, -0.05) is 25.1 Å². The third-order valence-electron chi connectivity index (χ3n) is 2.86. The molecule has 1 heterocycles. The van der Waals surface area contributed by atoms with Crippen LogP contribution in [0.2, 0.25) is 0 Å². The van der Waals surface area contributed by atoms with Crippen molar-refractivity contribution in [3.05, 3.63) is 30.5 Å². The zero-order chi connectivity index (χ0) is 13.0. The average Bonchev–Trinajstić information content (AvgIpc) is 2.38. The van der Waals surface area contributed by atoms with Gasteiger partial charge in [0.05, 0.1) is 23.3 Å². The fraction of sp³-hybridized carbons (Fsp3) is 0.308. The first-order chi connectivity index (χ1) is 8.68. The van der Waals surface area contributed by atoms with E-state index in [2.05, 4.69) is 15.5 Å². The van der Waals surface area contributed by atoms with Gasteiger partial charge in [-0.2, -0.15) is 10.2 Å². The van der Waals surface area contributed by atoms with Gasteiger partial charge in [0, 0.05) is 11.9 Å². The molecule has 2 aromatic rings. The molecule has 0 aliphatic heterocycles. The molecule has 5 heteroatoms. The summed E-state index contributed by atoms with van der Waals surface area (Å²) in [7, 11) is 0. The number of carbonyl (C=O) groups is 1. The van der Waals surface area contributed by atoms with Gasteiger partial charge in [-0.15, -0.1) is 0 Å². The summed E-state index contributed by atoms with van der Waals surface area (Å²) in [6.07, 6.45) is 2.24.